The van der Waals surface area contributed by atoms with Crippen LogP contribution in [0.2, 0.25) is 0 Å². The molecule has 0 radical (unpaired) electrons. The van der Waals surface area contributed by atoms with Crippen molar-refractivity contribution in [1.82, 2.24) is 4.98 Å². The summed E-state index contributed by atoms with van der Waals surface area (Å²) in [6.45, 7) is 1.60. The molecule has 0 saturated heterocycles. The Morgan fingerprint density at radius 3 is 2.80 bits per heavy atom. The lowest BCUT2D eigenvalue weighted by molar-refractivity contribution is -0.119. The number of carbonyl (C=O) groups excluding carboxylic acids is 2. The second-order valence-corrected chi connectivity index (χ2v) is 5.03. The number of aromatic nitrogens is 1. The van der Waals surface area contributed by atoms with Crippen LogP contribution >= 0.6 is 15.9 Å². The summed E-state index contributed by atoms with van der Waals surface area (Å²) in [6, 6.07) is 8.70. The monoisotopic (exact) mass is 336 g/mol. The van der Waals surface area contributed by atoms with Crippen molar-refractivity contribution >= 4 is 33.5 Å². The number of hydrogen-bond donors (Lipinski definition) is 2. The molecular formula is C14H13BrN2O3. The van der Waals surface area contributed by atoms with Gasteiger partial charge in [0.1, 0.15) is 5.69 Å². The third-order valence-electron chi connectivity index (χ3n) is 2.59. The Bertz CT molecular complexity index is 623. The van der Waals surface area contributed by atoms with E-state index in [2.05, 4.69) is 26.2 Å². The van der Waals surface area contributed by atoms with Gasteiger partial charge in [-0.3, -0.25) is 4.79 Å². The van der Waals surface area contributed by atoms with Crippen molar-refractivity contribution in [3.63, 3.8) is 0 Å². The zero-order chi connectivity index (χ0) is 14.5. The van der Waals surface area contributed by atoms with Gasteiger partial charge in [0.15, 0.2) is 6.61 Å². The first-order chi connectivity index (χ1) is 9.56. The molecule has 0 saturated carbocycles. The zero-order valence-electron chi connectivity index (χ0n) is 10.8. The molecule has 2 aromatic rings. The van der Waals surface area contributed by atoms with Gasteiger partial charge >= 0.3 is 5.97 Å². The number of esters is 1. The summed E-state index contributed by atoms with van der Waals surface area (Å²) in [4.78, 5) is 25.9. The van der Waals surface area contributed by atoms with Crippen LogP contribution in [0.5, 0.6) is 0 Å². The van der Waals surface area contributed by atoms with E-state index in [9.17, 15) is 9.59 Å². The van der Waals surface area contributed by atoms with E-state index < -0.39 is 5.97 Å². The van der Waals surface area contributed by atoms with Crippen molar-refractivity contribution in [2.24, 2.45) is 0 Å². The molecular weight excluding hydrogens is 324 g/mol. The van der Waals surface area contributed by atoms with Gasteiger partial charge in [-0.2, -0.15) is 0 Å². The van der Waals surface area contributed by atoms with Crippen molar-refractivity contribution in [3.05, 3.63) is 52.3 Å². The number of halogens is 1. The van der Waals surface area contributed by atoms with Crippen LogP contribution in [0.25, 0.3) is 0 Å². The largest absolute Gasteiger partial charge is 0.451 e. The lowest BCUT2D eigenvalue weighted by Gasteiger charge is -2.07. The normalized spacial score (nSPS) is 10.1. The van der Waals surface area contributed by atoms with Crippen LogP contribution in [-0.4, -0.2) is 23.5 Å². The Morgan fingerprint density at radius 1 is 1.35 bits per heavy atom. The SMILES string of the molecule is Cc1cc(NC(=O)COC(=O)c2ccc[nH]2)ccc1Br. The Kier molecular flexibility index (Phi) is 4.57. The van der Waals surface area contributed by atoms with Crippen molar-refractivity contribution in [2.45, 2.75) is 6.92 Å². The molecule has 2 N–H and O–H groups in total. The van der Waals surface area contributed by atoms with Gasteiger partial charge in [-0.25, -0.2) is 4.79 Å². The number of aryl methyl sites for hydroxylation is 1. The second kappa shape index (κ2) is 6.38. The second-order valence-electron chi connectivity index (χ2n) is 4.17. The zero-order valence-corrected chi connectivity index (χ0v) is 12.4. The van der Waals surface area contributed by atoms with E-state index in [1.54, 1.807) is 24.4 Å². The molecule has 104 valence electrons. The fraction of sp³-hybridized carbons (Fsp3) is 0.143. The maximum Gasteiger partial charge on any atom is 0.355 e. The van der Waals surface area contributed by atoms with Crippen molar-refractivity contribution in [1.29, 1.82) is 0 Å². The van der Waals surface area contributed by atoms with E-state index in [1.807, 2.05) is 19.1 Å². The topological polar surface area (TPSA) is 71.2 Å². The number of H-pyrrole nitrogens is 1. The third kappa shape index (κ3) is 3.71. The highest BCUT2D eigenvalue weighted by Gasteiger charge is 2.10. The van der Waals surface area contributed by atoms with Crippen molar-refractivity contribution < 1.29 is 14.3 Å². The summed E-state index contributed by atoms with van der Waals surface area (Å²) in [7, 11) is 0. The quantitative estimate of drug-likeness (QED) is 0.843. The highest BCUT2D eigenvalue weighted by molar-refractivity contribution is 9.10. The standard InChI is InChI=1S/C14H13BrN2O3/c1-9-7-10(4-5-11(9)15)17-13(18)8-20-14(19)12-3-2-6-16-12/h2-7,16H,8H2,1H3,(H,17,18). The minimum absolute atomic E-state index is 0.317. The summed E-state index contributed by atoms with van der Waals surface area (Å²) >= 11 is 3.38. The van der Waals surface area contributed by atoms with Crippen LogP contribution in [0.1, 0.15) is 16.1 Å². The van der Waals surface area contributed by atoms with E-state index in [-0.39, 0.29) is 12.5 Å². The molecule has 5 nitrogen and oxygen atoms in total. The molecule has 0 bridgehead atoms. The molecule has 6 heteroatoms. The maximum atomic E-state index is 11.7. The predicted octanol–water partition coefficient (Wildman–Crippen LogP) is 2.88. The van der Waals surface area contributed by atoms with Crippen LogP contribution in [0, 0.1) is 6.92 Å². The van der Waals surface area contributed by atoms with Gasteiger partial charge in [-0.15, -0.1) is 0 Å². The summed E-state index contributed by atoms with van der Waals surface area (Å²) in [5, 5.41) is 2.66. The van der Waals surface area contributed by atoms with Gasteiger partial charge in [0.05, 0.1) is 0 Å². The number of rotatable bonds is 4. The summed E-state index contributed by atoms with van der Waals surface area (Å²) < 4.78 is 5.85. The number of benzene rings is 1. The Labute approximate surface area is 124 Å². The fourth-order valence-electron chi connectivity index (χ4n) is 1.59. The molecule has 0 aliphatic rings. The average Bonchev–Trinajstić information content (AvgIpc) is 2.94. The molecule has 0 aliphatic carbocycles. The molecule has 2 rings (SSSR count). The van der Waals surface area contributed by atoms with E-state index in [0.717, 1.165) is 10.0 Å². The molecule has 0 atom stereocenters. The minimum atomic E-state index is -0.558. The fourth-order valence-corrected chi connectivity index (χ4v) is 1.83. The van der Waals surface area contributed by atoms with E-state index >= 15 is 0 Å². The molecule has 20 heavy (non-hydrogen) atoms. The highest BCUT2D eigenvalue weighted by atomic mass is 79.9. The molecule has 1 heterocycles. The number of nitrogens with one attached hydrogen (secondary N) is 2. The summed E-state index contributed by atoms with van der Waals surface area (Å²) in [5.41, 5.74) is 1.98. The van der Waals surface area contributed by atoms with Gasteiger partial charge in [-0.1, -0.05) is 15.9 Å². The number of hydrogen-bond acceptors (Lipinski definition) is 3. The molecule has 1 aromatic heterocycles. The molecule has 0 unspecified atom stereocenters. The van der Waals surface area contributed by atoms with E-state index in [0.29, 0.717) is 11.4 Å². The minimum Gasteiger partial charge on any atom is -0.451 e. The van der Waals surface area contributed by atoms with Crippen LogP contribution in [-0.2, 0) is 9.53 Å². The lowest BCUT2D eigenvalue weighted by Crippen LogP contribution is -2.21. The Morgan fingerprint density at radius 2 is 2.15 bits per heavy atom. The first kappa shape index (κ1) is 14.3. The molecule has 1 aromatic carbocycles. The maximum absolute atomic E-state index is 11.7. The van der Waals surface area contributed by atoms with Crippen molar-refractivity contribution in [3.8, 4) is 0 Å². The Balaban J connectivity index is 1.86. The molecule has 0 aliphatic heterocycles. The number of amides is 1. The van der Waals surface area contributed by atoms with Crippen LogP contribution in [0.4, 0.5) is 5.69 Å². The number of aromatic amines is 1. The highest BCUT2D eigenvalue weighted by Crippen LogP contribution is 2.19. The lowest BCUT2D eigenvalue weighted by atomic mass is 10.2. The molecule has 0 fully saturated rings. The summed E-state index contributed by atoms with van der Waals surface area (Å²) in [5.74, 6) is -0.941. The van der Waals surface area contributed by atoms with Gasteiger partial charge in [0.2, 0.25) is 0 Å². The van der Waals surface area contributed by atoms with Gasteiger partial charge < -0.3 is 15.0 Å². The van der Waals surface area contributed by atoms with Gasteiger partial charge in [0, 0.05) is 16.4 Å². The van der Waals surface area contributed by atoms with E-state index in [1.165, 1.54) is 0 Å². The van der Waals surface area contributed by atoms with E-state index in [4.69, 9.17) is 4.74 Å². The first-order valence-corrected chi connectivity index (χ1v) is 6.72. The van der Waals surface area contributed by atoms with Crippen molar-refractivity contribution in [2.75, 3.05) is 11.9 Å². The van der Waals surface area contributed by atoms with Crippen LogP contribution in [0.3, 0.4) is 0 Å². The number of anilines is 1. The smallest absolute Gasteiger partial charge is 0.355 e. The third-order valence-corrected chi connectivity index (χ3v) is 3.48. The van der Waals surface area contributed by atoms with Crippen LogP contribution in [0.15, 0.2) is 41.0 Å². The molecule has 0 spiro atoms. The van der Waals surface area contributed by atoms with Gasteiger partial charge in [-0.05, 0) is 42.8 Å². The van der Waals surface area contributed by atoms with Crippen LogP contribution < -0.4 is 5.32 Å². The van der Waals surface area contributed by atoms with Gasteiger partial charge in [0.25, 0.3) is 5.91 Å². The number of ether oxygens (including phenoxy) is 1. The summed E-state index contributed by atoms with van der Waals surface area (Å²) in [6.07, 6.45) is 1.61. The predicted molar refractivity (Wildman–Crippen MR) is 78.6 cm³/mol. The Hall–Kier alpha value is -2.08. The first-order valence-electron chi connectivity index (χ1n) is 5.93. The number of carbonyl (C=O) groups is 2. The average molecular weight is 337 g/mol. The molecule has 1 amide bonds.